The van der Waals surface area contributed by atoms with Crippen LogP contribution in [-0.4, -0.2) is 16.3 Å². The third kappa shape index (κ3) is 3.38. The minimum Gasteiger partial charge on any atom is -0.309 e. The fourth-order valence-electron chi connectivity index (χ4n) is 3.94. The first-order valence-corrected chi connectivity index (χ1v) is 7.75. The third-order valence-electron chi connectivity index (χ3n) is 4.47. The summed E-state index contributed by atoms with van der Waals surface area (Å²) in [6, 6.07) is 2.71. The van der Waals surface area contributed by atoms with E-state index in [2.05, 4.69) is 55.9 Å². The summed E-state index contributed by atoms with van der Waals surface area (Å²) in [5, 5.41) is 8.23. The molecule has 1 fully saturated rings. The van der Waals surface area contributed by atoms with Crippen molar-refractivity contribution in [3.05, 3.63) is 17.5 Å². The van der Waals surface area contributed by atoms with E-state index in [0.29, 0.717) is 6.04 Å². The fraction of sp³-hybridized carbons (Fsp3) is 0.812. The zero-order valence-electron chi connectivity index (χ0n) is 13.1. The lowest BCUT2D eigenvalue weighted by molar-refractivity contribution is 0.173. The largest absolute Gasteiger partial charge is 0.309 e. The van der Waals surface area contributed by atoms with Crippen molar-refractivity contribution in [3.8, 4) is 0 Å². The van der Waals surface area contributed by atoms with Crippen molar-refractivity contribution in [2.45, 2.75) is 53.0 Å². The lowest BCUT2D eigenvalue weighted by atomic mass is 9.73. The maximum Gasteiger partial charge on any atom is 0.0597 e. The van der Waals surface area contributed by atoms with Gasteiger partial charge < -0.3 is 5.32 Å². The number of hydrogen-bond acceptors (Lipinski definition) is 2. The van der Waals surface area contributed by atoms with E-state index in [9.17, 15) is 0 Å². The van der Waals surface area contributed by atoms with E-state index in [4.69, 9.17) is 0 Å². The van der Waals surface area contributed by atoms with Crippen molar-refractivity contribution in [2.75, 3.05) is 6.54 Å². The molecule has 3 heteroatoms. The van der Waals surface area contributed by atoms with Crippen molar-refractivity contribution >= 4 is 0 Å². The molecule has 0 amide bonds. The maximum absolute atomic E-state index is 4.52. The van der Waals surface area contributed by atoms with Crippen LogP contribution in [0.1, 0.15) is 57.5 Å². The number of nitrogens with zero attached hydrogens (tertiary/aromatic N) is 2. The molecule has 19 heavy (non-hydrogen) atoms. The first kappa shape index (κ1) is 14.6. The van der Waals surface area contributed by atoms with Gasteiger partial charge in [-0.3, -0.25) is 4.68 Å². The quantitative estimate of drug-likeness (QED) is 0.901. The Hall–Kier alpha value is -0.830. The molecule has 0 aromatic carbocycles. The van der Waals surface area contributed by atoms with Crippen molar-refractivity contribution in [1.29, 1.82) is 0 Å². The number of rotatable bonds is 4. The van der Waals surface area contributed by atoms with Gasteiger partial charge in [0.05, 0.1) is 17.4 Å². The van der Waals surface area contributed by atoms with Crippen LogP contribution >= 0.6 is 0 Å². The molecule has 3 atom stereocenters. The van der Waals surface area contributed by atoms with Crippen LogP contribution in [0, 0.1) is 24.7 Å². The van der Waals surface area contributed by atoms with Crippen LogP contribution < -0.4 is 5.32 Å². The Balaban J connectivity index is 2.22. The lowest BCUT2D eigenvalue weighted by Crippen LogP contribution is -2.34. The molecule has 1 aromatic heterocycles. The van der Waals surface area contributed by atoms with Crippen LogP contribution in [-0.2, 0) is 7.05 Å². The Bertz CT molecular complexity index is 400. The predicted molar refractivity (Wildman–Crippen MR) is 80.0 cm³/mol. The Morgan fingerprint density at radius 3 is 2.42 bits per heavy atom. The molecule has 1 aliphatic rings. The summed E-state index contributed by atoms with van der Waals surface area (Å²) in [4.78, 5) is 0. The first-order valence-electron chi connectivity index (χ1n) is 7.75. The van der Waals surface area contributed by atoms with Gasteiger partial charge in [0.2, 0.25) is 0 Å². The highest BCUT2D eigenvalue weighted by molar-refractivity contribution is 5.14. The number of nitrogens with one attached hydrogen (secondary N) is 1. The molecule has 0 spiro atoms. The predicted octanol–water partition coefficient (Wildman–Crippen LogP) is 3.45. The average Bonchev–Trinajstić information content (AvgIpc) is 2.64. The van der Waals surface area contributed by atoms with Gasteiger partial charge in [-0.05, 0) is 56.6 Å². The second-order valence-corrected chi connectivity index (χ2v) is 6.55. The number of aromatic nitrogens is 2. The molecule has 1 N–H and O–H groups in total. The molecule has 0 bridgehead atoms. The molecule has 0 radical (unpaired) electrons. The molecule has 3 unspecified atom stereocenters. The summed E-state index contributed by atoms with van der Waals surface area (Å²) in [6.07, 6.45) is 4.07. The Morgan fingerprint density at radius 2 is 1.95 bits per heavy atom. The molecule has 1 saturated carbocycles. The van der Waals surface area contributed by atoms with Gasteiger partial charge in [-0.1, -0.05) is 20.8 Å². The van der Waals surface area contributed by atoms with E-state index in [0.717, 1.165) is 30.0 Å². The zero-order chi connectivity index (χ0) is 14.0. The summed E-state index contributed by atoms with van der Waals surface area (Å²) in [7, 11) is 2.07. The van der Waals surface area contributed by atoms with Crippen LogP contribution in [0.2, 0.25) is 0 Å². The van der Waals surface area contributed by atoms with Gasteiger partial charge in [0.15, 0.2) is 0 Å². The molecule has 0 aliphatic heterocycles. The molecule has 108 valence electrons. The van der Waals surface area contributed by atoms with E-state index in [1.807, 2.05) is 0 Å². The summed E-state index contributed by atoms with van der Waals surface area (Å²) in [6.45, 7) is 10.1. The van der Waals surface area contributed by atoms with Crippen LogP contribution in [0.4, 0.5) is 0 Å². The monoisotopic (exact) mass is 263 g/mol. The van der Waals surface area contributed by atoms with Crippen molar-refractivity contribution in [2.24, 2.45) is 24.8 Å². The summed E-state index contributed by atoms with van der Waals surface area (Å²) in [5.41, 5.74) is 2.47. The molecular weight excluding hydrogens is 234 g/mol. The highest BCUT2D eigenvalue weighted by Gasteiger charge is 2.31. The zero-order valence-corrected chi connectivity index (χ0v) is 13.1. The summed E-state index contributed by atoms with van der Waals surface area (Å²) >= 11 is 0. The Morgan fingerprint density at radius 1 is 1.32 bits per heavy atom. The second kappa shape index (κ2) is 6.08. The number of hydrogen-bond donors (Lipinski definition) is 1. The van der Waals surface area contributed by atoms with Gasteiger partial charge in [0.1, 0.15) is 0 Å². The van der Waals surface area contributed by atoms with Crippen molar-refractivity contribution < 1.29 is 0 Å². The van der Waals surface area contributed by atoms with E-state index < -0.39 is 0 Å². The van der Waals surface area contributed by atoms with Crippen LogP contribution in [0.5, 0.6) is 0 Å². The smallest absolute Gasteiger partial charge is 0.0597 e. The van der Waals surface area contributed by atoms with E-state index in [1.165, 1.54) is 25.0 Å². The van der Waals surface area contributed by atoms with Crippen LogP contribution in [0.3, 0.4) is 0 Å². The molecule has 2 rings (SSSR count). The Kier molecular flexibility index (Phi) is 4.67. The minimum atomic E-state index is 0.460. The number of aryl methyl sites for hydroxylation is 2. The third-order valence-corrected chi connectivity index (χ3v) is 4.47. The average molecular weight is 263 g/mol. The van der Waals surface area contributed by atoms with Gasteiger partial charge in [0, 0.05) is 7.05 Å². The highest BCUT2D eigenvalue weighted by atomic mass is 15.3. The normalized spacial score (nSPS) is 29.4. The van der Waals surface area contributed by atoms with E-state index >= 15 is 0 Å². The van der Waals surface area contributed by atoms with Crippen LogP contribution in [0.15, 0.2) is 6.07 Å². The van der Waals surface area contributed by atoms with Crippen LogP contribution in [0.25, 0.3) is 0 Å². The van der Waals surface area contributed by atoms with Gasteiger partial charge in [-0.15, -0.1) is 0 Å². The topological polar surface area (TPSA) is 29.9 Å². The summed E-state index contributed by atoms with van der Waals surface area (Å²) in [5.74, 6) is 2.45. The van der Waals surface area contributed by atoms with Gasteiger partial charge in [-0.2, -0.15) is 5.10 Å². The SMILES string of the molecule is CCNC(c1cc(C)nn1C)C1CC(C)CC(C)C1. The Labute approximate surface area is 117 Å². The minimum absolute atomic E-state index is 0.460. The van der Waals surface area contributed by atoms with Crippen molar-refractivity contribution in [1.82, 2.24) is 15.1 Å². The van der Waals surface area contributed by atoms with Crippen molar-refractivity contribution in [3.63, 3.8) is 0 Å². The highest BCUT2D eigenvalue weighted by Crippen LogP contribution is 2.39. The maximum atomic E-state index is 4.52. The molecule has 3 nitrogen and oxygen atoms in total. The molecule has 0 saturated heterocycles. The second-order valence-electron chi connectivity index (χ2n) is 6.55. The molecule has 1 aromatic rings. The lowest BCUT2D eigenvalue weighted by Gasteiger charge is -2.37. The standard InChI is InChI=1S/C16H29N3/c1-6-17-16(15-10-13(4)18-19(15)5)14-8-11(2)7-12(3)9-14/h10-12,14,16-17H,6-9H2,1-5H3. The van der Waals surface area contributed by atoms with Gasteiger partial charge >= 0.3 is 0 Å². The molecule has 1 heterocycles. The molecule has 1 aliphatic carbocycles. The van der Waals surface area contributed by atoms with Gasteiger partial charge in [-0.25, -0.2) is 0 Å². The molecular formula is C16H29N3. The van der Waals surface area contributed by atoms with Gasteiger partial charge in [0.25, 0.3) is 0 Å². The first-order chi connectivity index (χ1) is 9.01. The van der Waals surface area contributed by atoms with E-state index in [-0.39, 0.29) is 0 Å². The summed E-state index contributed by atoms with van der Waals surface area (Å²) < 4.78 is 2.06. The van der Waals surface area contributed by atoms with E-state index in [1.54, 1.807) is 0 Å². The fourth-order valence-corrected chi connectivity index (χ4v) is 3.94.